The van der Waals surface area contributed by atoms with Crippen molar-refractivity contribution in [2.24, 2.45) is 23.0 Å². The molecule has 2 aromatic carbocycles. The van der Waals surface area contributed by atoms with E-state index in [0.29, 0.717) is 37.3 Å². The number of piperidine rings is 2. The van der Waals surface area contributed by atoms with Crippen molar-refractivity contribution in [2.75, 3.05) is 26.2 Å². The summed E-state index contributed by atoms with van der Waals surface area (Å²) in [7, 11) is -1.49. The molecule has 3 aliphatic heterocycles. The SMILES string of the molecule is CC(C)(C)NC(=O)C(C)(CCCCB1OC(C)(C)C(C)(C)O1)C1CCN(C2CCCc3ccccc32)CC1.NC(CCCCB(O)O)(C(=O)O)C1CCN(C2CCCc3ccccc32)CC1. The Kier molecular flexibility index (Phi) is 17.8. The third-order valence-corrected chi connectivity index (χ3v) is 16.6. The minimum Gasteiger partial charge on any atom is -0.480 e. The van der Waals surface area contributed by atoms with Crippen LogP contribution in [0.3, 0.4) is 0 Å². The van der Waals surface area contributed by atoms with Crippen LogP contribution in [0.2, 0.25) is 12.6 Å². The van der Waals surface area contributed by atoms with Crippen LogP contribution >= 0.6 is 0 Å². The first-order chi connectivity index (χ1) is 31.1. The second kappa shape index (κ2) is 22.3. The molecule has 66 heavy (non-hydrogen) atoms. The number of benzene rings is 2. The van der Waals surface area contributed by atoms with Crippen molar-refractivity contribution in [3.8, 4) is 0 Å². The van der Waals surface area contributed by atoms with E-state index >= 15 is 0 Å². The van der Waals surface area contributed by atoms with Gasteiger partial charge in [-0.25, -0.2) is 0 Å². The number of fused-ring (bicyclic) bond motifs is 2. The molecule has 4 atom stereocenters. The van der Waals surface area contributed by atoms with E-state index in [4.69, 9.17) is 25.1 Å². The maximum atomic E-state index is 13.8. The topological polar surface area (TPSA) is 158 Å². The van der Waals surface area contributed by atoms with Crippen molar-refractivity contribution in [1.82, 2.24) is 15.1 Å². The molecule has 2 aromatic rings. The van der Waals surface area contributed by atoms with E-state index < -0.39 is 18.6 Å². The second-order valence-electron chi connectivity index (χ2n) is 23.0. The Hall–Kier alpha value is -2.77. The van der Waals surface area contributed by atoms with Gasteiger partial charge in [0.15, 0.2) is 0 Å². The Morgan fingerprint density at radius 3 is 1.67 bits per heavy atom. The van der Waals surface area contributed by atoms with Gasteiger partial charge in [0.25, 0.3) is 0 Å². The molecule has 0 saturated carbocycles. The van der Waals surface area contributed by atoms with Gasteiger partial charge in [-0.05, 0) is 198 Å². The van der Waals surface area contributed by atoms with E-state index in [1.165, 1.54) is 47.9 Å². The number of aryl methyl sites for hydroxylation is 2. The Morgan fingerprint density at radius 2 is 1.20 bits per heavy atom. The molecule has 6 N–H and O–H groups in total. The standard InChI is InChI=1S/C32H53BN2O3.C21H33BN2O4/c1-29(2,3)34-28(36)32(8,20-11-12-21-33-37-30(4,5)31(6,7)38-33)25-18-22-35(23-19-25)27-17-13-15-24-14-9-10-16-26(24)27;23-21(20(25)26,12-3-4-13-22(27)28)17-10-14-24(15-11-17)19-9-5-7-16-6-1-2-8-18(16)19/h9-10,14,16,25,27H,11-13,15,17-23H2,1-8H3,(H,34,36);1-2,6,8,17,19,27-28H,3-5,7,9-15,23H2,(H,25,26). The van der Waals surface area contributed by atoms with Gasteiger partial charge < -0.3 is 35.5 Å². The summed E-state index contributed by atoms with van der Waals surface area (Å²) < 4.78 is 12.4. The lowest BCUT2D eigenvalue weighted by Gasteiger charge is -2.45. The van der Waals surface area contributed by atoms with Crippen molar-refractivity contribution in [3.63, 3.8) is 0 Å². The normalized spacial score (nSPS) is 24.5. The third-order valence-electron chi connectivity index (χ3n) is 16.6. The summed E-state index contributed by atoms with van der Waals surface area (Å²) in [5, 5.41) is 31.1. The first kappa shape index (κ1) is 52.6. The van der Waals surface area contributed by atoms with Gasteiger partial charge in [-0.15, -0.1) is 0 Å². The molecule has 7 rings (SSSR count). The van der Waals surface area contributed by atoms with Crippen LogP contribution in [0.15, 0.2) is 48.5 Å². The highest BCUT2D eigenvalue weighted by molar-refractivity contribution is 6.45. The summed E-state index contributed by atoms with van der Waals surface area (Å²) >= 11 is 0. The van der Waals surface area contributed by atoms with Crippen LogP contribution in [0.5, 0.6) is 0 Å². The molecular weight excluding hydrogens is 826 g/mol. The highest BCUT2D eigenvalue weighted by atomic mass is 16.7. The predicted octanol–water partition coefficient (Wildman–Crippen LogP) is 9.16. The number of carbonyl (C=O) groups is 2. The van der Waals surface area contributed by atoms with Crippen molar-refractivity contribution in [3.05, 3.63) is 70.8 Å². The zero-order chi connectivity index (χ0) is 47.9. The van der Waals surface area contributed by atoms with E-state index in [1.807, 2.05) is 0 Å². The number of hydrogen-bond donors (Lipinski definition) is 5. The zero-order valence-corrected chi connectivity index (χ0v) is 42.1. The molecule has 4 unspecified atom stereocenters. The number of nitrogens with zero attached hydrogens (tertiary/aromatic N) is 2. The number of carboxylic acid groups (broad SMARTS) is 1. The lowest BCUT2D eigenvalue weighted by Crippen LogP contribution is -2.57. The number of aliphatic carboxylic acids is 1. The fourth-order valence-electron chi connectivity index (χ4n) is 11.9. The van der Waals surface area contributed by atoms with Crippen LogP contribution in [0, 0.1) is 17.3 Å². The Balaban J connectivity index is 0.000000229. The van der Waals surface area contributed by atoms with E-state index in [-0.39, 0.29) is 47.4 Å². The fraction of sp³-hybridized carbons (Fsp3) is 0.736. The monoisotopic (exact) mass is 913 g/mol. The summed E-state index contributed by atoms with van der Waals surface area (Å²) in [4.78, 5) is 30.9. The molecule has 0 aromatic heterocycles. The number of amides is 1. The van der Waals surface area contributed by atoms with Gasteiger partial charge in [-0.3, -0.25) is 19.4 Å². The van der Waals surface area contributed by atoms with Crippen LogP contribution in [0.4, 0.5) is 0 Å². The van der Waals surface area contributed by atoms with Crippen LogP contribution in [-0.2, 0) is 31.7 Å². The maximum Gasteiger partial charge on any atom is 0.457 e. The average molecular weight is 913 g/mol. The number of carboxylic acids is 1. The van der Waals surface area contributed by atoms with Crippen molar-refractivity contribution < 1.29 is 34.1 Å². The molecule has 11 nitrogen and oxygen atoms in total. The first-order valence-corrected chi connectivity index (χ1v) is 25.8. The largest absolute Gasteiger partial charge is 0.480 e. The molecule has 366 valence electrons. The Bertz CT molecular complexity index is 1880. The minimum absolute atomic E-state index is 0.0425. The number of nitrogens with two attached hydrogens (primary N) is 1. The van der Waals surface area contributed by atoms with Gasteiger partial charge in [-0.1, -0.05) is 81.1 Å². The maximum absolute atomic E-state index is 13.8. The van der Waals surface area contributed by atoms with Gasteiger partial charge in [0.05, 0.1) is 11.2 Å². The molecular formula is C53H86B2N4O7. The van der Waals surface area contributed by atoms with Gasteiger partial charge in [0.1, 0.15) is 5.54 Å². The van der Waals surface area contributed by atoms with Gasteiger partial charge >= 0.3 is 20.2 Å². The lowest BCUT2D eigenvalue weighted by molar-refractivity contribution is -0.147. The quantitative estimate of drug-likeness (QED) is 0.0813. The molecule has 3 fully saturated rings. The van der Waals surface area contributed by atoms with Gasteiger partial charge in [-0.2, -0.15) is 0 Å². The molecule has 0 bridgehead atoms. The highest BCUT2D eigenvalue weighted by Crippen LogP contribution is 2.45. The van der Waals surface area contributed by atoms with Gasteiger partial charge in [0.2, 0.25) is 5.91 Å². The number of carbonyl (C=O) groups excluding carboxylic acids is 1. The number of likely N-dealkylation sites (tertiary alicyclic amines) is 2. The molecule has 3 saturated heterocycles. The highest BCUT2D eigenvalue weighted by Gasteiger charge is 2.51. The fourth-order valence-corrected chi connectivity index (χ4v) is 11.9. The van der Waals surface area contributed by atoms with Crippen LogP contribution < -0.4 is 11.1 Å². The van der Waals surface area contributed by atoms with E-state index in [9.17, 15) is 14.7 Å². The molecule has 13 heteroatoms. The molecule has 0 radical (unpaired) electrons. The van der Waals surface area contributed by atoms with Crippen LogP contribution in [-0.4, -0.2) is 99.5 Å². The van der Waals surface area contributed by atoms with Crippen LogP contribution in [0.25, 0.3) is 0 Å². The second-order valence-corrected chi connectivity index (χ2v) is 23.0. The first-order valence-electron chi connectivity index (χ1n) is 25.8. The van der Waals surface area contributed by atoms with Crippen molar-refractivity contribution >= 4 is 26.1 Å². The summed E-state index contributed by atoms with van der Waals surface area (Å²) in [5.41, 5.74) is 9.95. The van der Waals surface area contributed by atoms with E-state index in [1.54, 1.807) is 0 Å². The summed E-state index contributed by atoms with van der Waals surface area (Å²) in [6.45, 7) is 20.9. The Labute approximate surface area is 399 Å². The Morgan fingerprint density at radius 1 is 0.727 bits per heavy atom. The van der Waals surface area contributed by atoms with Crippen molar-refractivity contribution in [2.45, 2.75) is 205 Å². The van der Waals surface area contributed by atoms with Gasteiger partial charge in [0, 0.05) is 23.0 Å². The smallest absolute Gasteiger partial charge is 0.457 e. The van der Waals surface area contributed by atoms with E-state index in [2.05, 4.69) is 119 Å². The number of rotatable bonds is 16. The van der Waals surface area contributed by atoms with Crippen molar-refractivity contribution in [1.29, 1.82) is 0 Å². The summed E-state index contributed by atoms with van der Waals surface area (Å²) in [6, 6.07) is 18.7. The summed E-state index contributed by atoms with van der Waals surface area (Å²) in [5.74, 6) is -0.350. The zero-order valence-electron chi connectivity index (χ0n) is 42.1. The molecule has 1 amide bonds. The lowest BCUT2D eigenvalue weighted by atomic mass is 9.67. The molecule has 0 spiro atoms. The molecule has 3 heterocycles. The van der Waals surface area contributed by atoms with E-state index in [0.717, 1.165) is 90.3 Å². The molecule has 5 aliphatic rings. The number of nitrogens with one attached hydrogen (secondary N) is 1. The predicted molar refractivity (Wildman–Crippen MR) is 267 cm³/mol. The third kappa shape index (κ3) is 12.9. The molecule has 2 aliphatic carbocycles. The average Bonchev–Trinajstić information content (AvgIpc) is 3.50. The number of unbranched alkanes of at least 4 members (excludes halogenated alkanes) is 2. The summed E-state index contributed by atoms with van der Waals surface area (Å²) in [6.07, 6.45) is 16.6. The van der Waals surface area contributed by atoms with Crippen LogP contribution in [0.1, 0.15) is 180 Å². The number of hydrogen-bond acceptors (Lipinski definition) is 9. The minimum atomic E-state index is -1.33.